The third-order valence-electron chi connectivity index (χ3n) is 4.65. The number of methoxy groups -OCH3 is 1. The van der Waals surface area contributed by atoms with Gasteiger partial charge in [-0.15, -0.1) is 0 Å². The molecule has 1 N–H and O–H groups in total. The number of likely N-dealkylation sites (tertiary alicyclic amines) is 1. The van der Waals surface area contributed by atoms with E-state index in [1.807, 2.05) is 0 Å². The van der Waals surface area contributed by atoms with Gasteiger partial charge in [-0.05, 0) is 30.5 Å². The van der Waals surface area contributed by atoms with Crippen LogP contribution in [0.1, 0.15) is 36.1 Å². The van der Waals surface area contributed by atoms with Crippen LogP contribution in [0.5, 0.6) is 0 Å². The van der Waals surface area contributed by atoms with Crippen LogP contribution in [0.15, 0.2) is 44.5 Å². The number of aromatic nitrogens is 1. The van der Waals surface area contributed by atoms with Gasteiger partial charge in [0.25, 0.3) is 5.56 Å². The number of rotatable bonds is 3. The van der Waals surface area contributed by atoms with Crippen molar-refractivity contribution in [2.24, 2.45) is 0 Å². The molecule has 8 nitrogen and oxygen atoms in total. The maximum atomic E-state index is 12.2. The van der Waals surface area contributed by atoms with Crippen LogP contribution in [0.2, 0.25) is 0 Å². The standard InChI is InChI=1S/C17H20N2O6S/c1-24-17(21)19-8-7-12(15-10-16(20)18-25-15)9-14(19)11-3-5-13(6-4-11)26(2,22)23/h3-6,10,12,14H,7-9H2,1-2H3,(H,18,20)/t12-,14+/m0/s1. The highest BCUT2D eigenvalue weighted by atomic mass is 32.2. The number of nitrogens with zero attached hydrogens (tertiary/aromatic N) is 1. The summed E-state index contributed by atoms with van der Waals surface area (Å²) < 4.78 is 33.4. The molecule has 2 atom stereocenters. The molecule has 2 aromatic rings. The lowest BCUT2D eigenvalue weighted by molar-refractivity contribution is 0.0815. The van der Waals surface area contributed by atoms with Crippen molar-refractivity contribution >= 4 is 15.9 Å². The molecule has 0 radical (unpaired) electrons. The molecule has 0 saturated carbocycles. The maximum absolute atomic E-state index is 12.2. The van der Waals surface area contributed by atoms with E-state index in [4.69, 9.17) is 9.26 Å². The molecule has 1 aliphatic heterocycles. The molecule has 1 aliphatic rings. The number of carbonyl (C=O) groups excluding carboxylic acids is 1. The van der Waals surface area contributed by atoms with Crippen LogP contribution in [-0.4, -0.2) is 44.5 Å². The predicted octanol–water partition coefficient (Wildman–Crippen LogP) is 2.06. The van der Waals surface area contributed by atoms with Crippen molar-refractivity contribution in [3.05, 3.63) is 52.0 Å². The Morgan fingerprint density at radius 2 is 2.00 bits per heavy atom. The number of H-pyrrole nitrogens is 1. The Morgan fingerprint density at radius 3 is 2.54 bits per heavy atom. The van der Waals surface area contributed by atoms with Gasteiger partial charge in [-0.25, -0.2) is 13.2 Å². The van der Waals surface area contributed by atoms with Crippen molar-refractivity contribution < 1.29 is 22.5 Å². The fraction of sp³-hybridized carbons (Fsp3) is 0.412. The maximum Gasteiger partial charge on any atom is 0.409 e. The van der Waals surface area contributed by atoms with Gasteiger partial charge in [0.2, 0.25) is 0 Å². The number of aromatic amines is 1. The fourth-order valence-corrected chi connectivity index (χ4v) is 3.94. The summed E-state index contributed by atoms with van der Waals surface area (Å²) in [6.45, 7) is 0.435. The Bertz CT molecular complexity index is 944. The summed E-state index contributed by atoms with van der Waals surface area (Å²) in [6, 6.07) is 7.57. The van der Waals surface area contributed by atoms with Crippen LogP contribution in [0.25, 0.3) is 0 Å². The van der Waals surface area contributed by atoms with E-state index in [1.54, 1.807) is 17.0 Å². The first-order valence-electron chi connectivity index (χ1n) is 8.12. The van der Waals surface area contributed by atoms with E-state index in [0.29, 0.717) is 25.1 Å². The number of ether oxygens (including phenoxy) is 1. The van der Waals surface area contributed by atoms with Gasteiger partial charge in [-0.1, -0.05) is 12.1 Å². The molecule has 0 unspecified atom stereocenters. The van der Waals surface area contributed by atoms with Crippen LogP contribution in [0.4, 0.5) is 4.79 Å². The molecule has 0 bridgehead atoms. The average molecular weight is 380 g/mol. The zero-order valence-electron chi connectivity index (χ0n) is 14.5. The molecule has 140 valence electrons. The summed E-state index contributed by atoms with van der Waals surface area (Å²) in [5.74, 6) is 0.520. The lowest BCUT2D eigenvalue weighted by Crippen LogP contribution is -2.40. The number of hydrogen-bond donors (Lipinski definition) is 1. The number of hydrogen-bond acceptors (Lipinski definition) is 6. The molecule has 1 aromatic carbocycles. The van der Waals surface area contributed by atoms with Crippen molar-refractivity contribution in [2.75, 3.05) is 19.9 Å². The first-order valence-corrected chi connectivity index (χ1v) is 10.0. The normalized spacial score (nSPS) is 20.8. The Labute approximate surface area is 150 Å². The largest absolute Gasteiger partial charge is 0.453 e. The number of nitrogens with one attached hydrogen (secondary N) is 1. The highest BCUT2D eigenvalue weighted by Crippen LogP contribution is 2.39. The van der Waals surface area contributed by atoms with E-state index in [2.05, 4.69) is 5.16 Å². The van der Waals surface area contributed by atoms with Gasteiger partial charge in [0.1, 0.15) is 5.76 Å². The minimum absolute atomic E-state index is 0.0329. The number of carbonyl (C=O) groups is 1. The van der Waals surface area contributed by atoms with E-state index in [0.717, 1.165) is 11.8 Å². The monoisotopic (exact) mass is 380 g/mol. The van der Waals surface area contributed by atoms with Gasteiger partial charge < -0.3 is 14.2 Å². The van der Waals surface area contributed by atoms with E-state index < -0.39 is 15.9 Å². The molecular weight excluding hydrogens is 360 g/mol. The van der Waals surface area contributed by atoms with Crippen molar-refractivity contribution in [3.63, 3.8) is 0 Å². The van der Waals surface area contributed by atoms with Gasteiger partial charge in [0.05, 0.1) is 18.0 Å². The first kappa shape index (κ1) is 18.2. The molecule has 1 aromatic heterocycles. The smallest absolute Gasteiger partial charge is 0.409 e. The minimum atomic E-state index is -3.29. The first-order chi connectivity index (χ1) is 12.3. The van der Waals surface area contributed by atoms with Crippen molar-refractivity contribution in [2.45, 2.75) is 29.7 Å². The Morgan fingerprint density at radius 1 is 1.31 bits per heavy atom. The van der Waals surface area contributed by atoms with E-state index in [9.17, 15) is 18.0 Å². The summed E-state index contributed by atoms with van der Waals surface area (Å²) in [4.78, 5) is 25.3. The molecule has 9 heteroatoms. The van der Waals surface area contributed by atoms with Crippen LogP contribution < -0.4 is 5.56 Å². The second kappa shape index (κ2) is 6.99. The summed E-state index contributed by atoms with van der Waals surface area (Å²) >= 11 is 0. The minimum Gasteiger partial charge on any atom is -0.453 e. The van der Waals surface area contributed by atoms with Crippen LogP contribution in [0, 0.1) is 0 Å². The predicted molar refractivity (Wildman–Crippen MR) is 92.7 cm³/mol. The second-order valence-corrected chi connectivity index (χ2v) is 8.37. The van der Waals surface area contributed by atoms with Crippen molar-refractivity contribution in [1.82, 2.24) is 10.1 Å². The fourth-order valence-electron chi connectivity index (χ4n) is 3.31. The van der Waals surface area contributed by atoms with Gasteiger partial charge in [-0.3, -0.25) is 4.79 Å². The van der Waals surface area contributed by atoms with Crippen LogP contribution in [0.3, 0.4) is 0 Å². The average Bonchev–Trinajstić information content (AvgIpc) is 3.06. The number of benzene rings is 1. The Hall–Kier alpha value is -2.55. The molecule has 1 fully saturated rings. The lowest BCUT2D eigenvalue weighted by Gasteiger charge is -2.38. The highest BCUT2D eigenvalue weighted by Gasteiger charge is 2.35. The summed E-state index contributed by atoms with van der Waals surface area (Å²) in [5.41, 5.74) is 0.495. The van der Waals surface area contributed by atoms with Gasteiger partial charge >= 0.3 is 6.09 Å². The van der Waals surface area contributed by atoms with Gasteiger partial charge in [0, 0.05) is 24.8 Å². The van der Waals surface area contributed by atoms with E-state index in [1.165, 1.54) is 25.3 Å². The van der Waals surface area contributed by atoms with E-state index in [-0.39, 0.29) is 22.4 Å². The van der Waals surface area contributed by atoms with Crippen molar-refractivity contribution in [3.8, 4) is 0 Å². The summed E-state index contributed by atoms with van der Waals surface area (Å²) in [6.07, 6.45) is 1.87. The molecule has 3 rings (SSSR count). The zero-order valence-corrected chi connectivity index (χ0v) is 15.3. The third kappa shape index (κ3) is 3.67. The number of amides is 1. The Kier molecular flexibility index (Phi) is 4.90. The quantitative estimate of drug-likeness (QED) is 0.873. The zero-order chi connectivity index (χ0) is 18.9. The van der Waals surface area contributed by atoms with Crippen LogP contribution in [-0.2, 0) is 14.6 Å². The highest BCUT2D eigenvalue weighted by molar-refractivity contribution is 7.90. The van der Waals surface area contributed by atoms with Crippen molar-refractivity contribution in [1.29, 1.82) is 0 Å². The molecular formula is C17H20N2O6S. The third-order valence-corrected chi connectivity index (χ3v) is 5.78. The lowest BCUT2D eigenvalue weighted by atomic mass is 9.86. The van der Waals surface area contributed by atoms with E-state index >= 15 is 0 Å². The van der Waals surface area contributed by atoms with Crippen LogP contribution >= 0.6 is 0 Å². The molecule has 2 heterocycles. The second-order valence-electron chi connectivity index (χ2n) is 6.36. The topological polar surface area (TPSA) is 110 Å². The number of piperidine rings is 1. The molecule has 0 aliphatic carbocycles. The number of sulfone groups is 1. The molecule has 0 spiro atoms. The summed E-state index contributed by atoms with van der Waals surface area (Å²) in [7, 11) is -1.97. The summed E-state index contributed by atoms with van der Waals surface area (Å²) in [5, 5.41) is 2.29. The van der Waals surface area contributed by atoms with Gasteiger partial charge in [-0.2, -0.15) is 5.16 Å². The Balaban J connectivity index is 1.92. The molecule has 26 heavy (non-hydrogen) atoms. The van der Waals surface area contributed by atoms with Gasteiger partial charge in [0.15, 0.2) is 9.84 Å². The molecule has 1 amide bonds. The molecule has 1 saturated heterocycles. The SMILES string of the molecule is COC(=O)N1CC[C@H](c2cc(=O)[nH]o2)C[C@@H]1c1ccc(S(C)(=O)=O)cc1.